The molecular weight excluding hydrogens is 406 g/mol. The van der Waals surface area contributed by atoms with Crippen molar-refractivity contribution in [3.63, 3.8) is 0 Å². The van der Waals surface area contributed by atoms with Gasteiger partial charge in [-0.1, -0.05) is 11.6 Å². The number of nitrogens with one attached hydrogen (secondary N) is 1. The smallest absolute Gasteiger partial charge is 0.292 e. The lowest BCUT2D eigenvalue weighted by Gasteiger charge is -2.08. The van der Waals surface area contributed by atoms with Crippen LogP contribution in [-0.2, 0) is 0 Å². The van der Waals surface area contributed by atoms with Crippen molar-refractivity contribution >= 4 is 34.4 Å². The minimum absolute atomic E-state index is 0.198. The monoisotopic (exact) mass is 419 g/mol. The van der Waals surface area contributed by atoms with E-state index < -0.39 is 0 Å². The van der Waals surface area contributed by atoms with Crippen LogP contribution in [0.15, 0.2) is 65.7 Å². The van der Waals surface area contributed by atoms with Crippen molar-refractivity contribution in [2.24, 2.45) is 0 Å². The second kappa shape index (κ2) is 7.12. The van der Waals surface area contributed by atoms with Crippen molar-refractivity contribution in [3.8, 4) is 11.5 Å². The second-order valence-corrected chi connectivity index (χ2v) is 6.92. The number of amides is 1. The minimum Gasteiger partial charge on any atom is -0.459 e. The number of furan rings is 1. The number of fused-ring (bicyclic) bond motifs is 1. The molecule has 5 rings (SSSR count). The summed E-state index contributed by atoms with van der Waals surface area (Å²) in [4.78, 5) is 21.2. The molecular formula is C20H14ClN7O2. The summed E-state index contributed by atoms with van der Waals surface area (Å²) in [7, 11) is 0. The van der Waals surface area contributed by atoms with Crippen LogP contribution in [0.5, 0.6) is 0 Å². The van der Waals surface area contributed by atoms with Gasteiger partial charge in [0, 0.05) is 11.1 Å². The third-order valence-electron chi connectivity index (χ3n) is 4.43. The highest BCUT2D eigenvalue weighted by atomic mass is 35.5. The zero-order valence-corrected chi connectivity index (χ0v) is 16.4. The summed E-state index contributed by atoms with van der Waals surface area (Å²) in [6, 6.07) is 12.3. The van der Waals surface area contributed by atoms with Gasteiger partial charge < -0.3 is 9.73 Å². The van der Waals surface area contributed by atoms with Crippen molar-refractivity contribution in [1.29, 1.82) is 0 Å². The SMILES string of the molecule is Cc1cc(NC(=O)c2ccco2)n(-c2ncnc3c2cnn3-c2ccc(Cl)cc2)n1. The van der Waals surface area contributed by atoms with Gasteiger partial charge in [0.15, 0.2) is 17.2 Å². The molecule has 4 heterocycles. The van der Waals surface area contributed by atoms with Crippen molar-refractivity contribution < 1.29 is 9.21 Å². The van der Waals surface area contributed by atoms with Crippen LogP contribution in [0.3, 0.4) is 0 Å². The van der Waals surface area contributed by atoms with E-state index in [1.807, 2.05) is 19.1 Å². The maximum atomic E-state index is 12.4. The summed E-state index contributed by atoms with van der Waals surface area (Å²) >= 11 is 5.99. The molecule has 5 aromatic rings. The number of hydrogen-bond acceptors (Lipinski definition) is 6. The lowest BCUT2D eigenvalue weighted by Crippen LogP contribution is -2.15. The van der Waals surface area contributed by atoms with Gasteiger partial charge in [-0.3, -0.25) is 4.79 Å². The average Bonchev–Trinajstić information content (AvgIpc) is 3.48. The van der Waals surface area contributed by atoms with Crippen molar-refractivity contribution in [3.05, 3.63) is 77.7 Å². The predicted octanol–water partition coefficient (Wildman–Crippen LogP) is 3.81. The van der Waals surface area contributed by atoms with Crippen molar-refractivity contribution in [1.82, 2.24) is 29.5 Å². The predicted molar refractivity (Wildman–Crippen MR) is 110 cm³/mol. The fourth-order valence-electron chi connectivity index (χ4n) is 3.11. The highest BCUT2D eigenvalue weighted by molar-refractivity contribution is 6.30. The van der Waals surface area contributed by atoms with E-state index in [0.717, 1.165) is 5.69 Å². The molecule has 4 aromatic heterocycles. The summed E-state index contributed by atoms with van der Waals surface area (Å²) in [5.74, 6) is 0.753. The Hall–Kier alpha value is -3.98. The van der Waals surface area contributed by atoms with E-state index >= 15 is 0 Å². The van der Waals surface area contributed by atoms with E-state index in [1.54, 1.807) is 45.9 Å². The summed E-state index contributed by atoms with van der Waals surface area (Å²) in [5.41, 5.74) is 2.11. The quantitative estimate of drug-likeness (QED) is 0.475. The van der Waals surface area contributed by atoms with Gasteiger partial charge in [0.25, 0.3) is 5.91 Å². The van der Waals surface area contributed by atoms with Gasteiger partial charge in [0.2, 0.25) is 0 Å². The number of carbonyl (C=O) groups is 1. The molecule has 0 radical (unpaired) electrons. The van der Waals surface area contributed by atoms with E-state index in [0.29, 0.717) is 33.4 Å². The first-order chi connectivity index (χ1) is 14.6. The normalized spacial score (nSPS) is 11.1. The third kappa shape index (κ3) is 3.11. The molecule has 0 unspecified atom stereocenters. The molecule has 0 saturated carbocycles. The molecule has 0 aliphatic rings. The van der Waals surface area contributed by atoms with Gasteiger partial charge in [0.1, 0.15) is 12.1 Å². The van der Waals surface area contributed by atoms with Crippen LogP contribution < -0.4 is 5.32 Å². The lowest BCUT2D eigenvalue weighted by atomic mass is 10.3. The molecule has 0 aliphatic carbocycles. The number of benzene rings is 1. The molecule has 0 atom stereocenters. The van der Waals surface area contributed by atoms with Crippen molar-refractivity contribution in [2.75, 3.05) is 5.32 Å². The number of anilines is 1. The molecule has 148 valence electrons. The van der Waals surface area contributed by atoms with Gasteiger partial charge in [-0.25, -0.2) is 14.6 Å². The molecule has 0 aliphatic heterocycles. The Morgan fingerprint density at radius 1 is 1.13 bits per heavy atom. The van der Waals surface area contributed by atoms with E-state index in [-0.39, 0.29) is 11.7 Å². The average molecular weight is 420 g/mol. The zero-order chi connectivity index (χ0) is 20.7. The molecule has 1 N–H and O–H groups in total. The van der Waals surface area contributed by atoms with Gasteiger partial charge in [0.05, 0.1) is 29.2 Å². The van der Waals surface area contributed by atoms with Gasteiger partial charge in [-0.15, -0.1) is 0 Å². The van der Waals surface area contributed by atoms with Gasteiger partial charge in [-0.2, -0.15) is 14.9 Å². The fraction of sp³-hybridized carbons (Fsp3) is 0.0500. The number of halogens is 1. The Balaban J connectivity index is 1.59. The van der Waals surface area contributed by atoms with Crippen LogP contribution >= 0.6 is 11.6 Å². The number of rotatable bonds is 4. The largest absolute Gasteiger partial charge is 0.459 e. The van der Waals surface area contributed by atoms with Crippen LogP contribution in [0.25, 0.3) is 22.5 Å². The number of aromatic nitrogens is 6. The maximum absolute atomic E-state index is 12.4. The first kappa shape index (κ1) is 18.1. The molecule has 1 aromatic carbocycles. The van der Waals surface area contributed by atoms with Crippen LogP contribution in [0.4, 0.5) is 5.82 Å². The fourth-order valence-corrected chi connectivity index (χ4v) is 3.23. The number of nitrogens with zero attached hydrogens (tertiary/aromatic N) is 6. The standard InChI is InChI=1S/C20H14ClN7O2/c1-12-9-17(25-20(29)16-3-2-8-30-16)28(26-12)19-15-10-24-27(18(15)22-11-23-19)14-6-4-13(21)5-7-14/h2-11H,1H3,(H,25,29). The zero-order valence-electron chi connectivity index (χ0n) is 15.7. The Morgan fingerprint density at radius 2 is 1.97 bits per heavy atom. The van der Waals surface area contributed by atoms with Crippen molar-refractivity contribution in [2.45, 2.75) is 6.92 Å². The summed E-state index contributed by atoms with van der Waals surface area (Å²) < 4.78 is 8.40. The van der Waals surface area contributed by atoms with E-state index in [2.05, 4.69) is 25.5 Å². The molecule has 0 bridgehead atoms. The topological polar surface area (TPSA) is 104 Å². The Kier molecular flexibility index (Phi) is 4.29. The first-order valence-corrected chi connectivity index (χ1v) is 9.34. The van der Waals surface area contributed by atoms with E-state index in [9.17, 15) is 4.79 Å². The number of aryl methyl sites for hydroxylation is 1. The Bertz CT molecular complexity index is 1350. The Morgan fingerprint density at radius 3 is 2.73 bits per heavy atom. The molecule has 30 heavy (non-hydrogen) atoms. The second-order valence-electron chi connectivity index (χ2n) is 6.48. The van der Waals surface area contributed by atoms with Crippen LogP contribution in [-0.4, -0.2) is 35.4 Å². The van der Waals surface area contributed by atoms with Crippen LogP contribution in [0.1, 0.15) is 16.2 Å². The minimum atomic E-state index is -0.386. The molecule has 0 fully saturated rings. The Labute approximate surface area is 174 Å². The highest BCUT2D eigenvalue weighted by Crippen LogP contribution is 2.25. The van der Waals surface area contributed by atoms with Crippen LogP contribution in [0, 0.1) is 6.92 Å². The molecule has 0 saturated heterocycles. The number of hydrogen-bond donors (Lipinski definition) is 1. The molecule has 9 nitrogen and oxygen atoms in total. The van der Waals surface area contributed by atoms with E-state index in [1.165, 1.54) is 12.6 Å². The first-order valence-electron chi connectivity index (χ1n) is 8.97. The summed E-state index contributed by atoms with van der Waals surface area (Å²) in [5, 5.41) is 13.0. The molecule has 1 amide bonds. The maximum Gasteiger partial charge on any atom is 0.292 e. The summed E-state index contributed by atoms with van der Waals surface area (Å²) in [6.45, 7) is 1.83. The van der Waals surface area contributed by atoms with Gasteiger partial charge >= 0.3 is 0 Å². The number of carbonyl (C=O) groups excluding carboxylic acids is 1. The van der Waals surface area contributed by atoms with Gasteiger partial charge in [-0.05, 0) is 43.3 Å². The summed E-state index contributed by atoms with van der Waals surface area (Å²) in [6.07, 6.45) is 4.53. The molecule has 0 spiro atoms. The molecule has 10 heteroatoms. The lowest BCUT2D eigenvalue weighted by molar-refractivity contribution is 0.0996. The van der Waals surface area contributed by atoms with E-state index in [4.69, 9.17) is 16.0 Å². The highest BCUT2D eigenvalue weighted by Gasteiger charge is 2.18. The van der Waals surface area contributed by atoms with Crippen LogP contribution in [0.2, 0.25) is 5.02 Å². The third-order valence-corrected chi connectivity index (χ3v) is 4.69.